The summed E-state index contributed by atoms with van der Waals surface area (Å²) in [5.74, 6) is -0.580. The summed E-state index contributed by atoms with van der Waals surface area (Å²) in [6, 6.07) is 9.52. The van der Waals surface area contributed by atoms with E-state index in [9.17, 15) is 13.2 Å². The van der Waals surface area contributed by atoms with Gasteiger partial charge >= 0.3 is 5.97 Å². The van der Waals surface area contributed by atoms with Gasteiger partial charge in [0.05, 0.1) is 6.26 Å². The van der Waals surface area contributed by atoms with Crippen molar-refractivity contribution in [3.05, 3.63) is 52.2 Å². The van der Waals surface area contributed by atoms with Crippen LogP contribution in [0.25, 0.3) is 0 Å². The number of nitrogens with one attached hydrogen (secondary N) is 1. The lowest BCUT2D eigenvalue weighted by molar-refractivity contribution is 0.0522. The van der Waals surface area contributed by atoms with Crippen LogP contribution >= 0.6 is 11.3 Å². The predicted molar refractivity (Wildman–Crippen MR) is 85.4 cm³/mol. The molecule has 116 valence electrons. The third-order valence-electron chi connectivity index (χ3n) is 2.43. The Balaban J connectivity index is 2.04. The van der Waals surface area contributed by atoms with Crippen LogP contribution in [0.3, 0.4) is 0 Å². The maximum atomic E-state index is 11.6. The molecular weight excluding hydrogens is 326 g/mol. The van der Waals surface area contributed by atoms with E-state index >= 15 is 0 Å². The number of carbonyl (C=O) groups is 1. The Morgan fingerprint density at radius 2 is 1.95 bits per heavy atom. The molecule has 0 atom stereocenters. The van der Waals surface area contributed by atoms with Crippen molar-refractivity contribution in [2.24, 2.45) is 10.9 Å². The normalized spacial score (nSPS) is 12.0. The Labute approximate surface area is 131 Å². The smallest absolute Gasteiger partial charge is 0.375 e. The van der Waals surface area contributed by atoms with Crippen molar-refractivity contribution in [3.63, 3.8) is 0 Å². The van der Waals surface area contributed by atoms with Crippen LogP contribution in [0.5, 0.6) is 0 Å². The molecule has 7 nitrogen and oxygen atoms in total. The number of nitrogens with zero attached hydrogens (tertiary/aromatic N) is 1. The minimum atomic E-state index is -3.34. The topological polar surface area (TPSA) is 111 Å². The Kier molecular flexibility index (Phi) is 4.78. The van der Waals surface area contributed by atoms with Crippen molar-refractivity contribution in [1.82, 2.24) is 0 Å². The predicted octanol–water partition coefficient (Wildman–Crippen LogP) is 1.60. The Morgan fingerprint density at radius 1 is 1.27 bits per heavy atom. The highest BCUT2D eigenvalue weighted by Gasteiger charge is 2.09. The van der Waals surface area contributed by atoms with Gasteiger partial charge in [0.15, 0.2) is 5.84 Å². The number of oxime groups is 1. The lowest BCUT2D eigenvalue weighted by atomic mass is 10.2. The third kappa shape index (κ3) is 4.57. The van der Waals surface area contributed by atoms with Crippen molar-refractivity contribution in [1.29, 1.82) is 0 Å². The quantitative estimate of drug-likeness (QED) is 0.372. The number of anilines is 1. The van der Waals surface area contributed by atoms with E-state index in [1.165, 1.54) is 23.5 Å². The third-order valence-corrected chi connectivity index (χ3v) is 3.89. The number of carbonyl (C=O) groups excluding carboxylic acids is 1. The molecule has 1 aromatic heterocycles. The molecule has 0 bridgehead atoms. The number of hydrogen-bond acceptors (Lipinski definition) is 6. The molecule has 9 heteroatoms. The summed E-state index contributed by atoms with van der Waals surface area (Å²) >= 11 is 1.24. The van der Waals surface area contributed by atoms with E-state index in [2.05, 4.69) is 9.88 Å². The molecule has 0 spiro atoms. The SMILES string of the molecule is CS(=O)(=O)Nc1ccc(/C(N)=N\OC(=O)c2cccs2)cc1. The Morgan fingerprint density at radius 3 is 2.50 bits per heavy atom. The lowest BCUT2D eigenvalue weighted by Crippen LogP contribution is -2.15. The fourth-order valence-electron chi connectivity index (χ4n) is 1.51. The molecular formula is C13H13N3O4S2. The molecule has 0 saturated heterocycles. The maximum Gasteiger partial charge on any atom is 0.375 e. The highest BCUT2D eigenvalue weighted by Crippen LogP contribution is 2.12. The first-order valence-electron chi connectivity index (χ1n) is 6.02. The first-order valence-corrected chi connectivity index (χ1v) is 8.79. The van der Waals surface area contributed by atoms with Crippen LogP contribution in [0.4, 0.5) is 5.69 Å². The van der Waals surface area contributed by atoms with Crippen molar-refractivity contribution >= 4 is 38.9 Å². The molecule has 0 fully saturated rings. The summed E-state index contributed by atoms with van der Waals surface area (Å²) in [6.45, 7) is 0. The van der Waals surface area contributed by atoms with E-state index in [0.717, 1.165) is 6.26 Å². The van der Waals surface area contributed by atoms with Crippen LogP contribution in [0.2, 0.25) is 0 Å². The van der Waals surface area contributed by atoms with Crippen molar-refractivity contribution < 1.29 is 18.0 Å². The van der Waals surface area contributed by atoms with Crippen molar-refractivity contribution in [2.75, 3.05) is 11.0 Å². The number of sulfonamides is 1. The van der Waals surface area contributed by atoms with Gasteiger partial charge in [0.2, 0.25) is 10.0 Å². The number of nitrogens with two attached hydrogens (primary N) is 1. The van der Waals surface area contributed by atoms with Gasteiger partial charge < -0.3 is 10.6 Å². The standard InChI is InChI=1S/C13H13N3O4S2/c1-22(18,19)16-10-6-4-9(5-7-10)12(14)15-20-13(17)11-3-2-8-21-11/h2-8,16H,1H3,(H2,14,15). The molecule has 0 amide bonds. The zero-order chi connectivity index (χ0) is 16.2. The number of hydrogen-bond donors (Lipinski definition) is 2. The number of amidine groups is 1. The van der Waals surface area contributed by atoms with Crippen LogP contribution in [0.15, 0.2) is 46.9 Å². The van der Waals surface area contributed by atoms with Crippen molar-refractivity contribution in [2.45, 2.75) is 0 Å². The van der Waals surface area contributed by atoms with Gasteiger partial charge in [0.1, 0.15) is 4.88 Å². The number of thiophene rings is 1. The van der Waals surface area contributed by atoms with Crippen LogP contribution in [0, 0.1) is 0 Å². The lowest BCUT2D eigenvalue weighted by Gasteiger charge is -2.05. The minimum absolute atomic E-state index is 0.0100. The van der Waals surface area contributed by atoms with Crippen LogP contribution in [-0.2, 0) is 14.9 Å². The van der Waals surface area contributed by atoms with Gasteiger partial charge in [0, 0.05) is 11.3 Å². The van der Waals surface area contributed by atoms with E-state index in [-0.39, 0.29) is 5.84 Å². The fraction of sp³-hybridized carbons (Fsp3) is 0.0769. The molecule has 0 radical (unpaired) electrons. The summed E-state index contributed by atoms with van der Waals surface area (Å²) < 4.78 is 24.5. The van der Waals surface area contributed by atoms with Crippen LogP contribution in [-0.4, -0.2) is 26.5 Å². The van der Waals surface area contributed by atoms with Crippen molar-refractivity contribution in [3.8, 4) is 0 Å². The average molecular weight is 339 g/mol. The maximum absolute atomic E-state index is 11.6. The molecule has 0 aliphatic heterocycles. The first-order chi connectivity index (χ1) is 10.3. The molecule has 22 heavy (non-hydrogen) atoms. The van der Waals surface area contributed by atoms with Gasteiger partial charge in [-0.2, -0.15) is 0 Å². The molecule has 0 unspecified atom stereocenters. The largest absolute Gasteiger partial charge is 0.380 e. The zero-order valence-corrected chi connectivity index (χ0v) is 13.1. The summed E-state index contributed by atoms with van der Waals surface area (Å²) in [6.07, 6.45) is 1.06. The van der Waals surface area contributed by atoms with Gasteiger partial charge in [-0.1, -0.05) is 11.2 Å². The second-order valence-electron chi connectivity index (χ2n) is 4.28. The molecule has 0 aliphatic carbocycles. The van der Waals surface area contributed by atoms with E-state index in [1.54, 1.807) is 29.6 Å². The van der Waals surface area contributed by atoms with Gasteiger partial charge in [-0.15, -0.1) is 11.3 Å². The summed E-state index contributed by atoms with van der Waals surface area (Å²) in [4.78, 5) is 16.8. The summed E-state index contributed by atoms with van der Waals surface area (Å²) in [5, 5.41) is 5.31. The molecule has 3 N–H and O–H groups in total. The van der Waals surface area contributed by atoms with E-state index in [1.807, 2.05) is 0 Å². The Bertz CT molecular complexity index is 781. The van der Waals surface area contributed by atoms with Gasteiger partial charge in [-0.25, -0.2) is 13.2 Å². The van der Waals surface area contributed by atoms with Gasteiger partial charge in [0.25, 0.3) is 0 Å². The second kappa shape index (κ2) is 6.58. The molecule has 0 saturated carbocycles. The van der Waals surface area contributed by atoms with Crippen LogP contribution < -0.4 is 10.5 Å². The highest BCUT2D eigenvalue weighted by molar-refractivity contribution is 7.92. The monoisotopic (exact) mass is 339 g/mol. The number of benzene rings is 1. The molecule has 1 heterocycles. The fourth-order valence-corrected chi connectivity index (χ4v) is 2.66. The molecule has 1 aromatic carbocycles. The zero-order valence-electron chi connectivity index (χ0n) is 11.5. The second-order valence-corrected chi connectivity index (χ2v) is 6.98. The molecule has 2 aromatic rings. The molecule has 0 aliphatic rings. The number of rotatable bonds is 5. The van der Waals surface area contributed by atoms with E-state index < -0.39 is 16.0 Å². The van der Waals surface area contributed by atoms with Crippen LogP contribution in [0.1, 0.15) is 15.2 Å². The summed E-state index contributed by atoms with van der Waals surface area (Å²) in [7, 11) is -3.34. The van der Waals surface area contributed by atoms with Gasteiger partial charge in [-0.3, -0.25) is 4.72 Å². The first kappa shape index (κ1) is 16.0. The highest BCUT2D eigenvalue weighted by atomic mass is 32.2. The average Bonchev–Trinajstić information content (AvgIpc) is 2.97. The summed E-state index contributed by atoms with van der Waals surface area (Å²) in [5.41, 5.74) is 6.61. The molecule has 2 rings (SSSR count). The minimum Gasteiger partial charge on any atom is -0.380 e. The Hall–Kier alpha value is -2.39. The van der Waals surface area contributed by atoms with Gasteiger partial charge in [-0.05, 0) is 35.7 Å². The van der Waals surface area contributed by atoms with E-state index in [0.29, 0.717) is 16.1 Å². The van der Waals surface area contributed by atoms with E-state index in [4.69, 9.17) is 10.6 Å².